The molecule has 0 spiro atoms. The predicted octanol–water partition coefficient (Wildman–Crippen LogP) is 1.95. The number of nitrogens with one attached hydrogen (secondary N) is 1. The zero-order valence-electron chi connectivity index (χ0n) is 11.0. The second-order valence-electron chi connectivity index (χ2n) is 4.68. The number of carbonyl (C=O) groups is 1. The highest BCUT2D eigenvalue weighted by Crippen LogP contribution is 2.28. The van der Waals surface area contributed by atoms with E-state index in [1.54, 1.807) is 4.90 Å². The number of hydrogen-bond acceptors (Lipinski definition) is 4. The molecule has 102 valence electrons. The maximum atomic E-state index is 12.6. The molecule has 0 bridgehead atoms. The Bertz CT molecular complexity index is 690. The smallest absolute Gasteiger partial charge is 0.261 e. The Morgan fingerprint density at radius 2 is 2.25 bits per heavy atom. The Morgan fingerprint density at radius 3 is 2.95 bits per heavy atom. The Hall–Kier alpha value is -2.63. The number of hydrogen-bond donors (Lipinski definition) is 2. The standard InChI is InChI=1S/C14H14N4O2/c1-9-11(8-15-16-9)14(19)18-7-6-12(17-20)10-4-2-3-5-13(10)18/h2-5,8,20H,6-7H2,1H3,(H,15,16). The first-order valence-electron chi connectivity index (χ1n) is 6.34. The molecule has 1 aromatic heterocycles. The largest absolute Gasteiger partial charge is 0.411 e. The van der Waals surface area contributed by atoms with Crippen molar-refractivity contribution in [3.8, 4) is 0 Å². The van der Waals surface area contributed by atoms with Crippen LogP contribution in [0.4, 0.5) is 5.69 Å². The summed E-state index contributed by atoms with van der Waals surface area (Å²) in [7, 11) is 0. The molecular weight excluding hydrogens is 256 g/mol. The van der Waals surface area contributed by atoms with Gasteiger partial charge in [-0.1, -0.05) is 23.4 Å². The van der Waals surface area contributed by atoms with Gasteiger partial charge in [-0.05, 0) is 13.0 Å². The molecule has 1 aromatic carbocycles. The third kappa shape index (κ3) is 1.85. The van der Waals surface area contributed by atoms with Gasteiger partial charge in [-0.25, -0.2) is 0 Å². The van der Waals surface area contributed by atoms with Gasteiger partial charge in [-0.2, -0.15) is 5.10 Å². The first-order chi connectivity index (χ1) is 9.72. The monoisotopic (exact) mass is 270 g/mol. The number of fused-ring (bicyclic) bond motifs is 1. The summed E-state index contributed by atoms with van der Waals surface area (Å²) in [5.41, 5.74) is 3.46. The van der Waals surface area contributed by atoms with E-state index in [1.165, 1.54) is 6.20 Å². The van der Waals surface area contributed by atoms with Crippen molar-refractivity contribution in [3.63, 3.8) is 0 Å². The van der Waals surface area contributed by atoms with E-state index in [4.69, 9.17) is 5.21 Å². The summed E-state index contributed by atoms with van der Waals surface area (Å²) in [5, 5.41) is 19.0. The van der Waals surface area contributed by atoms with E-state index in [0.717, 1.165) is 16.9 Å². The second-order valence-corrected chi connectivity index (χ2v) is 4.68. The van der Waals surface area contributed by atoms with Crippen molar-refractivity contribution in [2.75, 3.05) is 11.4 Å². The van der Waals surface area contributed by atoms with Gasteiger partial charge < -0.3 is 10.1 Å². The zero-order chi connectivity index (χ0) is 14.1. The van der Waals surface area contributed by atoms with Crippen LogP contribution in [0.5, 0.6) is 0 Å². The lowest BCUT2D eigenvalue weighted by Gasteiger charge is -2.29. The van der Waals surface area contributed by atoms with Crippen molar-refractivity contribution < 1.29 is 10.0 Å². The minimum absolute atomic E-state index is 0.0966. The summed E-state index contributed by atoms with van der Waals surface area (Å²) in [6.45, 7) is 2.30. The van der Waals surface area contributed by atoms with Crippen LogP contribution < -0.4 is 4.90 Å². The molecule has 2 aromatic rings. The maximum absolute atomic E-state index is 12.6. The zero-order valence-corrected chi connectivity index (χ0v) is 11.0. The molecular formula is C14H14N4O2. The highest BCUT2D eigenvalue weighted by molar-refractivity contribution is 6.14. The molecule has 0 aliphatic carbocycles. The van der Waals surface area contributed by atoms with Gasteiger partial charge in [-0.3, -0.25) is 9.89 Å². The van der Waals surface area contributed by atoms with E-state index in [9.17, 15) is 4.79 Å². The number of anilines is 1. The van der Waals surface area contributed by atoms with Crippen LogP contribution in [-0.2, 0) is 0 Å². The number of benzene rings is 1. The number of carbonyl (C=O) groups excluding carboxylic acids is 1. The number of nitrogens with zero attached hydrogens (tertiary/aromatic N) is 3. The molecule has 0 atom stereocenters. The summed E-state index contributed by atoms with van der Waals surface area (Å²) >= 11 is 0. The minimum Gasteiger partial charge on any atom is -0.411 e. The van der Waals surface area contributed by atoms with Crippen LogP contribution in [-0.4, -0.2) is 33.6 Å². The van der Waals surface area contributed by atoms with Crippen molar-refractivity contribution in [3.05, 3.63) is 47.3 Å². The number of aryl methyl sites for hydroxylation is 1. The molecule has 0 radical (unpaired) electrons. The molecule has 20 heavy (non-hydrogen) atoms. The Morgan fingerprint density at radius 1 is 1.45 bits per heavy atom. The third-order valence-corrected chi connectivity index (χ3v) is 3.50. The number of oxime groups is 1. The van der Waals surface area contributed by atoms with E-state index >= 15 is 0 Å². The number of aromatic nitrogens is 2. The minimum atomic E-state index is -0.0966. The second kappa shape index (κ2) is 4.80. The van der Waals surface area contributed by atoms with E-state index in [1.807, 2.05) is 31.2 Å². The van der Waals surface area contributed by atoms with Crippen LogP contribution in [0.3, 0.4) is 0 Å². The summed E-state index contributed by atoms with van der Waals surface area (Å²) in [6, 6.07) is 7.43. The van der Waals surface area contributed by atoms with Crippen molar-refractivity contribution in [1.82, 2.24) is 10.2 Å². The molecule has 2 N–H and O–H groups in total. The molecule has 1 aliphatic heterocycles. The maximum Gasteiger partial charge on any atom is 0.261 e. The molecule has 3 rings (SSSR count). The molecule has 2 heterocycles. The fraction of sp³-hybridized carbons (Fsp3) is 0.214. The van der Waals surface area contributed by atoms with Crippen molar-refractivity contribution in [2.24, 2.45) is 5.16 Å². The van der Waals surface area contributed by atoms with E-state index in [-0.39, 0.29) is 5.91 Å². The van der Waals surface area contributed by atoms with Crippen molar-refractivity contribution >= 4 is 17.3 Å². The van der Waals surface area contributed by atoms with Crippen LogP contribution in [0.1, 0.15) is 28.0 Å². The fourth-order valence-electron chi connectivity index (χ4n) is 2.45. The van der Waals surface area contributed by atoms with Gasteiger partial charge in [0.1, 0.15) is 0 Å². The Balaban J connectivity index is 2.04. The molecule has 0 saturated carbocycles. The Labute approximate surface area is 115 Å². The normalized spacial score (nSPS) is 16.2. The first-order valence-corrected chi connectivity index (χ1v) is 6.34. The number of amides is 1. The van der Waals surface area contributed by atoms with Crippen LogP contribution >= 0.6 is 0 Å². The van der Waals surface area contributed by atoms with Gasteiger partial charge >= 0.3 is 0 Å². The molecule has 6 nitrogen and oxygen atoms in total. The highest BCUT2D eigenvalue weighted by atomic mass is 16.4. The fourth-order valence-corrected chi connectivity index (χ4v) is 2.45. The van der Waals surface area contributed by atoms with Gasteiger partial charge in [0.15, 0.2) is 0 Å². The predicted molar refractivity (Wildman–Crippen MR) is 74.4 cm³/mol. The summed E-state index contributed by atoms with van der Waals surface area (Å²) in [6.07, 6.45) is 2.06. The molecule has 0 saturated heterocycles. The quantitative estimate of drug-likeness (QED) is 0.613. The number of rotatable bonds is 1. The van der Waals surface area contributed by atoms with Crippen LogP contribution in [0, 0.1) is 6.92 Å². The Kier molecular flexibility index (Phi) is 2.98. The molecule has 1 amide bonds. The van der Waals surface area contributed by atoms with Gasteiger partial charge in [-0.15, -0.1) is 0 Å². The summed E-state index contributed by atoms with van der Waals surface area (Å²) in [5.74, 6) is -0.0966. The SMILES string of the molecule is Cc1[nH]ncc1C(=O)N1CCC(=NO)c2ccccc21. The molecule has 6 heteroatoms. The average Bonchev–Trinajstić information content (AvgIpc) is 2.91. The number of H-pyrrole nitrogens is 1. The average molecular weight is 270 g/mol. The number of para-hydroxylation sites is 1. The van der Waals surface area contributed by atoms with E-state index in [2.05, 4.69) is 15.4 Å². The lowest BCUT2D eigenvalue weighted by Crippen LogP contribution is -2.37. The van der Waals surface area contributed by atoms with E-state index in [0.29, 0.717) is 24.2 Å². The summed E-state index contributed by atoms with van der Waals surface area (Å²) in [4.78, 5) is 14.3. The van der Waals surface area contributed by atoms with Gasteiger partial charge in [0, 0.05) is 24.2 Å². The van der Waals surface area contributed by atoms with E-state index < -0.39 is 0 Å². The topological polar surface area (TPSA) is 81.6 Å². The lowest BCUT2D eigenvalue weighted by atomic mass is 9.99. The van der Waals surface area contributed by atoms with Gasteiger partial charge in [0.05, 0.1) is 23.2 Å². The van der Waals surface area contributed by atoms with Gasteiger partial charge in [0.2, 0.25) is 0 Å². The van der Waals surface area contributed by atoms with Crippen LogP contribution in [0.2, 0.25) is 0 Å². The molecule has 0 unspecified atom stereocenters. The highest BCUT2D eigenvalue weighted by Gasteiger charge is 2.28. The van der Waals surface area contributed by atoms with Crippen molar-refractivity contribution in [1.29, 1.82) is 0 Å². The molecule has 0 fully saturated rings. The van der Waals surface area contributed by atoms with Crippen LogP contribution in [0.25, 0.3) is 0 Å². The van der Waals surface area contributed by atoms with Gasteiger partial charge in [0.25, 0.3) is 5.91 Å². The van der Waals surface area contributed by atoms with Crippen molar-refractivity contribution in [2.45, 2.75) is 13.3 Å². The number of aromatic amines is 1. The molecule has 1 aliphatic rings. The summed E-state index contributed by atoms with van der Waals surface area (Å²) < 4.78 is 0. The third-order valence-electron chi connectivity index (χ3n) is 3.50. The lowest BCUT2D eigenvalue weighted by molar-refractivity contribution is 0.0986. The van der Waals surface area contributed by atoms with Crippen LogP contribution in [0.15, 0.2) is 35.6 Å². The first kappa shape index (κ1) is 12.4.